The second-order valence-corrected chi connectivity index (χ2v) is 9.84. The summed E-state index contributed by atoms with van der Waals surface area (Å²) in [6.07, 6.45) is 0.292. The molecule has 0 spiro atoms. The first kappa shape index (κ1) is 21.5. The SMILES string of the molecule is COc1ccc(C2CC(=O)N(CC(=O)Nc3nc4ccccc4s3)c3ccccc3S2)cc1. The van der Waals surface area contributed by atoms with Gasteiger partial charge in [0, 0.05) is 16.6 Å². The number of carbonyl (C=O) groups excluding carboxylic acids is 2. The molecule has 2 amide bonds. The molecule has 1 aliphatic rings. The number of aromatic nitrogens is 1. The van der Waals surface area contributed by atoms with E-state index >= 15 is 0 Å². The maximum atomic E-state index is 13.3. The van der Waals surface area contributed by atoms with Crippen LogP contribution in [0, 0.1) is 0 Å². The third kappa shape index (κ3) is 4.58. The summed E-state index contributed by atoms with van der Waals surface area (Å²) in [5.74, 6) is 0.412. The van der Waals surface area contributed by atoms with E-state index in [0.29, 0.717) is 11.6 Å². The van der Waals surface area contributed by atoms with Crippen molar-refractivity contribution in [1.29, 1.82) is 0 Å². The van der Waals surface area contributed by atoms with Crippen LogP contribution in [0.4, 0.5) is 10.8 Å². The second kappa shape index (κ2) is 9.25. The van der Waals surface area contributed by atoms with E-state index in [1.54, 1.807) is 23.8 Å². The van der Waals surface area contributed by atoms with Crippen molar-refractivity contribution in [2.75, 3.05) is 23.9 Å². The Morgan fingerprint density at radius 3 is 2.64 bits per heavy atom. The summed E-state index contributed by atoms with van der Waals surface area (Å²) in [5.41, 5.74) is 2.64. The number of nitrogens with one attached hydrogen (secondary N) is 1. The fourth-order valence-electron chi connectivity index (χ4n) is 3.78. The lowest BCUT2D eigenvalue weighted by molar-refractivity contribution is -0.121. The molecule has 0 bridgehead atoms. The van der Waals surface area contributed by atoms with E-state index in [4.69, 9.17) is 4.74 Å². The first-order valence-electron chi connectivity index (χ1n) is 10.5. The Kier molecular flexibility index (Phi) is 6.02. The number of para-hydroxylation sites is 2. The molecule has 6 nitrogen and oxygen atoms in total. The minimum Gasteiger partial charge on any atom is -0.497 e. The first-order valence-corrected chi connectivity index (χ1v) is 12.2. The van der Waals surface area contributed by atoms with Gasteiger partial charge in [0.1, 0.15) is 12.3 Å². The Balaban J connectivity index is 1.37. The van der Waals surface area contributed by atoms with Gasteiger partial charge in [0.05, 0.1) is 23.0 Å². The van der Waals surface area contributed by atoms with Crippen molar-refractivity contribution < 1.29 is 14.3 Å². The standard InChI is InChI=1S/C25H21N3O3S2/c1-31-17-12-10-16(11-13-17)22-14-24(30)28(19-7-3-5-9-21(19)32-22)15-23(29)27-25-26-18-6-2-4-8-20(18)33-25/h2-13,22H,14-15H2,1H3,(H,26,27,29). The quantitative estimate of drug-likeness (QED) is 0.412. The van der Waals surface area contributed by atoms with Gasteiger partial charge in [0.2, 0.25) is 11.8 Å². The smallest absolute Gasteiger partial charge is 0.246 e. The van der Waals surface area contributed by atoms with Crippen molar-refractivity contribution in [3.63, 3.8) is 0 Å². The zero-order valence-electron chi connectivity index (χ0n) is 17.9. The van der Waals surface area contributed by atoms with Crippen LogP contribution in [-0.2, 0) is 9.59 Å². The number of anilines is 2. The van der Waals surface area contributed by atoms with E-state index in [1.165, 1.54) is 11.3 Å². The molecule has 0 radical (unpaired) electrons. The number of amides is 2. The molecule has 2 heterocycles. The normalized spacial score (nSPS) is 15.7. The number of rotatable bonds is 5. The summed E-state index contributed by atoms with van der Waals surface area (Å²) in [4.78, 5) is 33.2. The summed E-state index contributed by atoms with van der Waals surface area (Å²) in [5, 5.41) is 3.34. The predicted octanol–water partition coefficient (Wildman–Crippen LogP) is 5.51. The monoisotopic (exact) mass is 475 g/mol. The highest BCUT2D eigenvalue weighted by molar-refractivity contribution is 7.99. The molecule has 8 heteroatoms. The maximum absolute atomic E-state index is 13.3. The van der Waals surface area contributed by atoms with Gasteiger partial charge in [-0.3, -0.25) is 9.59 Å². The second-order valence-electron chi connectivity index (χ2n) is 7.57. The number of ether oxygens (including phenoxy) is 1. The summed E-state index contributed by atoms with van der Waals surface area (Å²) < 4.78 is 6.26. The van der Waals surface area contributed by atoms with Crippen molar-refractivity contribution in [3.8, 4) is 5.75 Å². The number of hydrogen-bond donors (Lipinski definition) is 1. The van der Waals surface area contributed by atoms with Crippen LogP contribution in [0.15, 0.2) is 77.7 Å². The molecule has 0 aliphatic carbocycles. The molecule has 1 N–H and O–H groups in total. The van der Waals surface area contributed by atoms with Crippen LogP contribution in [-0.4, -0.2) is 30.5 Å². The number of thiazole rings is 1. The van der Waals surface area contributed by atoms with Gasteiger partial charge < -0.3 is 15.0 Å². The number of benzene rings is 3. The molecule has 1 aliphatic heterocycles. The lowest BCUT2D eigenvalue weighted by atomic mass is 10.1. The van der Waals surface area contributed by atoms with Crippen molar-refractivity contribution in [3.05, 3.63) is 78.4 Å². The van der Waals surface area contributed by atoms with Crippen LogP contribution in [0.1, 0.15) is 17.2 Å². The van der Waals surface area contributed by atoms with Crippen LogP contribution in [0.5, 0.6) is 5.75 Å². The van der Waals surface area contributed by atoms with Crippen molar-refractivity contribution >= 4 is 55.9 Å². The molecule has 3 aromatic carbocycles. The molecule has 0 saturated carbocycles. The topological polar surface area (TPSA) is 71.5 Å². The highest BCUT2D eigenvalue weighted by atomic mass is 32.2. The van der Waals surface area contributed by atoms with E-state index in [9.17, 15) is 9.59 Å². The Labute approximate surface area is 199 Å². The molecule has 1 unspecified atom stereocenters. The summed E-state index contributed by atoms with van der Waals surface area (Å²) in [6, 6.07) is 23.2. The highest BCUT2D eigenvalue weighted by Gasteiger charge is 2.30. The van der Waals surface area contributed by atoms with Gasteiger partial charge in [-0.05, 0) is 42.0 Å². The molecule has 0 fully saturated rings. The average molecular weight is 476 g/mol. The van der Waals surface area contributed by atoms with Crippen LogP contribution in [0.25, 0.3) is 10.2 Å². The van der Waals surface area contributed by atoms with E-state index in [-0.39, 0.29) is 23.6 Å². The van der Waals surface area contributed by atoms with Crippen molar-refractivity contribution in [2.45, 2.75) is 16.6 Å². The van der Waals surface area contributed by atoms with E-state index < -0.39 is 0 Å². The zero-order chi connectivity index (χ0) is 22.8. The Bertz CT molecular complexity index is 1290. The molecule has 0 saturated heterocycles. The number of thioether (sulfide) groups is 1. The van der Waals surface area contributed by atoms with Crippen molar-refractivity contribution in [1.82, 2.24) is 4.98 Å². The minimum atomic E-state index is -0.273. The fourth-order valence-corrected chi connectivity index (χ4v) is 5.95. The maximum Gasteiger partial charge on any atom is 0.246 e. The lowest BCUT2D eigenvalue weighted by Gasteiger charge is -2.21. The van der Waals surface area contributed by atoms with E-state index in [0.717, 1.165) is 32.1 Å². The van der Waals surface area contributed by atoms with Crippen LogP contribution in [0.2, 0.25) is 0 Å². The summed E-state index contributed by atoms with van der Waals surface area (Å²) >= 11 is 3.06. The van der Waals surface area contributed by atoms with Gasteiger partial charge in [0.15, 0.2) is 5.13 Å². The van der Waals surface area contributed by atoms with Crippen LogP contribution < -0.4 is 15.0 Å². The van der Waals surface area contributed by atoms with Gasteiger partial charge in [-0.1, -0.05) is 47.7 Å². The molecule has 5 rings (SSSR count). The Hall–Kier alpha value is -3.36. The summed E-state index contributed by atoms with van der Waals surface area (Å²) in [6.45, 7) is -0.0678. The zero-order valence-corrected chi connectivity index (χ0v) is 19.5. The van der Waals surface area contributed by atoms with Gasteiger partial charge in [-0.25, -0.2) is 4.98 Å². The Morgan fingerprint density at radius 2 is 1.85 bits per heavy atom. The number of carbonyl (C=O) groups is 2. The largest absolute Gasteiger partial charge is 0.497 e. The van der Waals surface area contributed by atoms with Crippen LogP contribution in [0.3, 0.4) is 0 Å². The third-order valence-corrected chi connectivity index (χ3v) is 7.69. The minimum absolute atomic E-state index is 0.0538. The fraction of sp³-hybridized carbons (Fsp3) is 0.160. The van der Waals surface area contributed by atoms with Gasteiger partial charge >= 0.3 is 0 Å². The molecule has 33 heavy (non-hydrogen) atoms. The van der Waals surface area contributed by atoms with E-state index in [2.05, 4.69) is 10.3 Å². The highest BCUT2D eigenvalue weighted by Crippen LogP contribution is 2.45. The number of fused-ring (bicyclic) bond motifs is 2. The Morgan fingerprint density at radius 1 is 1.09 bits per heavy atom. The molecule has 166 valence electrons. The molecular weight excluding hydrogens is 454 g/mol. The summed E-state index contributed by atoms with van der Waals surface area (Å²) in [7, 11) is 1.63. The molecule has 1 aromatic heterocycles. The molecule has 4 aromatic rings. The molecular formula is C25H21N3O3S2. The average Bonchev–Trinajstić information content (AvgIpc) is 3.18. The van der Waals surface area contributed by atoms with Gasteiger partial charge in [-0.15, -0.1) is 11.8 Å². The first-order chi connectivity index (χ1) is 16.1. The number of methoxy groups -OCH3 is 1. The van der Waals surface area contributed by atoms with Gasteiger partial charge in [-0.2, -0.15) is 0 Å². The van der Waals surface area contributed by atoms with Gasteiger partial charge in [0.25, 0.3) is 0 Å². The predicted molar refractivity (Wildman–Crippen MR) is 133 cm³/mol. The number of nitrogens with zero attached hydrogens (tertiary/aromatic N) is 2. The van der Waals surface area contributed by atoms with Crippen LogP contribution >= 0.6 is 23.1 Å². The number of hydrogen-bond acceptors (Lipinski definition) is 6. The third-order valence-electron chi connectivity index (χ3n) is 5.42. The van der Waals surface area contributed by atoms with E-state index in [1.807, 2.05) is 72.8 Å². The molecule has 1 atom stereocenters. The van der Waals surface area contributed by atoms with Crippen molar-refractivity contribution in [2.24, 2.45) is 0 Å². The lowest BCUT2D eigenvalue weighted by Crippen LogP contribution is -2.38.